The van der Waals surface area contributed by atoms with E-state index in [0.29, 0.717) is 5.56 Å². The Hall–Kier alpha value is -1.03. The van der Waals surface area contributed by atoms with Crippen LogP contribution >= 0.6 is 7.60 Å². The Morgan fingerprint density at radius 1 is 1.23 bits per heavy atom. The monoisotopic (exact) mass is 204 g/mol. The normalized spacial score (nSPS) is 11.6. The van der Waals surface area contributed by atoms with Gasteiger partial charge in [0.1, 0.15) is 5.30 Å². The van der Waals surface area contributed by atoms with Crippen LogP contribution in [0.15, 0.2) is 12.1 Å². The van der Waals surface area contributed by atoms with Gasteiger partial charge in [-0.25, -0.2) is 0 Å². The first-order chi connectivity index (χ1) is 5.82. The minimum Gasteiger partial charge on any atom is -0.504 e. The molecule has 1 aromatic carbocycles. The third kappa shape index (κ3) is 2.01. The molecular weight excluding hydrogens is 195 g/mol. The van der Waals surface area contributed by atoms with E-state index in [0.717, 1.165) is 6.07 Å². The van der Waals surface area contributed by atoms with Gasteiger partial charge in [-0.3, -0.25) is 4.57 Å². The lowest BCUT2D eigenvalue weighted by atomic mass is 10.2. The molecular formula is C7H9O5P. The van der Waals surface area contributed by atoms with E-state index in [1.54, 1.807) is 6.92 Å². The Balaban J connectivity index is 3.46. The van der Waals surface area contributed by atoms with Gasteiger partial charge < -0.3 is 20.0 Å². The molecule has 0 amide bonds. The summed E-state index contributed by atoms with van der Waals surface area (Å²) in [7, 11) is -4.52. The van der Waals surface area contributed by atoms with Gasteiger partial charge in [0.05, 0.1) is 0 Å². The average molecular weight is 204 g/mol. The highest BCUT2D eigenvalue weighted by Crippen LogP contribution is 2.40. The topological polar surface area (TPSA) is 98.0 Å². The zero-order valence-corrected chi connectivity index (χ0v) is 7.69. The van der Waals surface area contributed by atoms with E-state index in [1.165, 1.54) is 6.07 Å². The van der Waals surface area contributed by atoms with Gasteiger partial charge in [-0.2, -0.15) is 0 Å². The molecule has 0 heterocycles. The quantitative estimate of drug-likeness (QED) is 0.387. The maximum atomic E-state index is 10.8. The molecule has 13 heavy (non-hydrogen) atoms. The molecule has 0 aliphatic heterocycles. The first-order valence-corrected chi connectivity index (χ1v) is 5.02. The summed E-state index contributed by atoms with van der Waals surface area (Å²) in [4.78, 5) is 17.5. The Morgan fingerprint density at radius 2 is 1.77 bits per heavy atom. The Bertz CT molecular complexity index is 381. The molecule has 0 saturated carbocycles. The Labute approximate surface area is 74.4 Å². The van der Waals surface area contributed by atoms with Crippen LogP contribution in [0.5, 0.6) is 11.5 Å². The van der Waals surface area contributed by atoms with Crippen molar-refractivity contribution < 1.29 is 24.6 Å². The highest BCUT2D eigenvalue weighted by atomic mass is 31.2. The van der Waals surface area contributed by atoms with Crippen molar-refractivity contribution in [3.8, 4) is 11.5 Å². The maximum Gasteiger partial charge on any atom is 0.360 e. The Morgan fingerprint density at radius 3 is 2.23 bits per heavy atom. The molecule has 0 aliphatic carbocycles. The highest BCUT2D eigenvalue weighted by Gasteiger charge is 2.24. The van der Waals surface area contributed by atoms with Gasteiger partial charge in [-0.05, 0) is 24.6 Å². The lowest BCUT2D eigenvalue weighted by molar-refractivity contribution is 0.378. The fourth-order valence-electron chi connectivity index (χ4n) is 0.963. The van der Waals surface area contributed by atoms with Crippen molar-refractivity contribution in [1.82, 2.24) is 0 Å². The zero-order valence-electron chi connectivity index (χ0n) is 6.80. The molecule has 0 spiro atoms. The lowest BCUT2D eigenvalue weighted by Crippen LogP contribution is -2.05. The number of hydrogen-bond acceptors (Lipinski definition) is 3. The average Bonchev–Trinajstić information content (AvgIpc) is 1.94. The van der Waals surface area contributed by atoms with Crippen LogP contribution in [0.25, 0.3) is 0 Å². The van der Waals surface area contributed by atoms with E-state index in [9.17, 15) is 4.57 Å². The molecule has 0 saturated heterocycles. The van der Waals surface area contributed by atoms with Gasteiger partial charge in [-0.15, -0.1) is 0 Å². The third-order valence-corrected chi connectivity index (χ3v) is 2.50. The van der Waals surface area contributed by atoms with Crippen LogP contribution in [0, 0.1) is 6.92 Å². The zero-order chi connectivity index (χ0) is 10.2. The molecule has 0 bridgehead atoms. The molecule has 5 nitrogen and oxygen atoms in total. The predicted octanol–water partition coefficient (Wildman–Crippen LogP) is 0.209. The van der Waals surface area contributed by atoms with Crippen molar-refractivity contribution >= 4 is 12.9 Å². The molecule has 4 N–H and O–H groups in total. The van der Waals surface area contributed by atoms with Gasteiger partial charge in [-0.1, -0.05) is 0 Å². The first-order valence-electron chi connectivity index (χ1n) is 3.41. The summed E-state index contributed by atoms with van der Waals surface area (Å²) in [6.45, 7) is 1.55. The van der Waals surface area contributed by atoms with Gasteiger partial charge in [0.2, 0.25) is 0 Å². The van der Waals surface area contributed by atoms with Crippen molar-refractivity contribution in [2.45, 2.75) is 6.92 Å². The summed E-state index contributed by atoms with van der Waals surface area (Å²) < 4.78 is 10.8. The fraction of sp³-hybridized carbons (Fsp3) is 0.143. The van der Waals surface area contributed by atoms with Crippen LogP contribution in [0.2, 0.25) is 0 Å². The number of aromatic hydroxyl groups is 2. The van der Waals surface area contributed by atoms with Crippen molar-refractivity contribution in [2.24, 2.45) is 0 Å². The van der Waals surface area contributed by atoms with Crippen molar-refractivity contribution in [1.29, 1.82) is 0 Å². The van der Waals surface area contributed by atoms with Crippen molar-refractivity contribution in [3.05, 3.63) is 17.7 Å². The van der Waals surface area contributed by atoms with E-state index in [-0.39, 0.29) is 0 Å². The maximum absolute atomic E-state index is 10.8. The summed E-state index contributed by atoms with van der Waals surface area (Å²) in [6, 6.07) is 2.35. The van der Waals surface area contributed by atoms with Gasteiger partial charge >= 0.3 is 7.60 Å². The van der Waals surface area contributed by atoms with E-state index < -0.39 is 24.4 Å². The molecule has 1 aromatic rings. The molecule has 72 valence electrons. The highest BCUT2D eigenvalue weighted by molar-refractivity contribution is 7.60. The largest absolute Gasteiger partial charge is 0.504 e. The molecule has 0 atom stereocenters. The van der Waals surface area contributed by atoms with Crippen LogP contribution in [0.4, 0.5) is 0 Å². The number of hydrogen-bond donors (Lipinski definition) is 4. The molecule has 0 aromatic heterocycles. The summed E-state index contributed by atoms with van der Waals surface area (Å²) in [6.07, 6.45) is 0. The molecule has 0 fully saturated rings. The second kappa shape index (κ2) is 3.03. The molecule has 6 heteroatoms. The van der Waals surface area contributed by atoms with E-state index in [1.807, 2.05) is 0 Å². The number of phenolic OH excluding ortho intramolecular Hbond substituents is 2. The molecule has 0 aliphatic rings. The van der Waals surface area contributed by atoms with Crippen LogP contribution in [-0.4, -0.2) is 20.0 Å². The lowest BCUT2D eigenvalue weighted by Gasteiger charge is -2.08. The summed E-state index contributed by atoms with van der Waals surface area (Å²) >= 11 is 0. The van der Waals surface area contributed by atoms with Crippen molar-refractivity contribution in [2.75, 3.05) is 0 Å². The predicted molar refractivity (Wildman–Crippen MR) is 46.2 cm³/mol. The van der Waals surface area contributed by atoms with Crippen LogP contribution in [0.3, 0.4) is 0 Å². The number of phenols is 2. The SMILES string of the molecule is Cc1cc(O)c(O)c(P(=O)(O)O)c1. The number of rotatable bonds is 1. The smallest absolute Gasteiger partial charge is 0.360 e. The minimum absolute atomic E-state index is 0.466. The van der Waals surface area contributed by atoms with Crippen LogP contribution < -0.4 is 5.30 Å². The fourth-order valence-corrected chi connectivity index (χ4v) is 1.73. The summed E-state index contributed by atoms with van der Waals surface area (Å²) in [5.41, 5.74) is 0.466. The van der Waals surface area contributed by atoms with E-state index in [4.69, 9.17) is 20.0 Å². The van der Waals surface area contributed by atoms with Crippen LogP contribution in [0.1, 0.15) is 5.56 Å². The van der Waals surface area contributed by atoms with E-state index in [2.05, 4.69) is 0 Å². The third-order valence-electron chi connectivity index (χ3n) is 1.53. The second-order valence-electron chi connectivity index (χ2n) is 2.70. The van der Waals surface area contributed by atoms with E-state index >= 15 is 0 Å². The summed E-state index contributed by atoms with van der Waals surface area (Å²) in [5.74, 6) is -1.29. The second-order valence-corrected chi connectivity index (χ2v) is 4.27. The van der Waals surface area contributed by atoms with Crippen molar-refractivity contribution in [3.63, 3.8) is 0 Å². The molecule has 0 radical (unpaired) electrons. The molecule has 1 rings (SSSR count). The Kier molecular flexibility index (Phi) is 2.34. The first kappa shape index (κ1) is 10.1. The van der Waals surface area contributed by atoms with Gasteiger partial charge in [0.25, 0.3) is 0 Å². The number of aryl methyl sites for hydroxylation is 1. The van der Waals surface area contributed by atoms with Gasteiger partial charge in [0.15, 0.2) is 11.5 Å². The standard InChI is InChI=1S/C7H9O5P/c1-4-2-5(8)7(9)6(3-4)13(10,11)12/h2-3,8-9H,1H3,(H2,10,11,12). The van der Waals surface area contributed by atoms with Crippen LogP contribution in [-0.2, 0) is 4.57 Å². The number of benzene rings is 1. The minimum atomic E-state index is -4.52. The molecule has 0 unspecified atom stereocenters. The summed E-state index contributed by atoms with van der Waals surface area (Å²) in [5, 5.41) is 17.6. The van der Waals surface area contributed by atoms with Gasteiger partial charge in [0, 0.05) is 0 Å².